The highest BCUT2D eigenvalue weighted by atomic mass is 16.5. The van der Waals surface area contributed by atoms with Crippen molar-refractivity contribution in [1.29, 1.82) is 0 Å². The van der Waals surface area contributed by atoms with Crippen molar-refractivity contribution in [1.82, 2.24) is 10.2 Å². The van der Waals surface area contributed by atoms with Gasteiger partial charge in [-0.2, -0.15) is 0 Å². The van der Waals surface area contributed by atoms with Crippen LogP contribution in [0.25, 0.3) is 0 Å². The van der Waals surface area contributed by atoms with Gasteiger partial charge in [0.25, 0.3) is 5.91 Å². The molecule has 1 aromatic carbocycles. The Bertz CT molecular complexity index is 566. The van der Waals surface area contributed by atoms with Crippen LogP contribution in [0, 0.1) is 11.8 Å². The standard InChI is InChI=1S/C21H34N2O3/c1-5-25-19-9-8-18(13-20(19)26-6-2)21(24)22-10-7-11-23-14-16(3)12-17(4)15-23/h8-9,13,16-17H,5-7,10-12,14-15H2,1-4H3,(H,22,24)/t16-,17+. The first-order valence-corrected chi connectivity index (χ1v) is 9.93. The molecule has 0 unspecified atom stereocenters. The molecule has 0 saturated carbocycles. The summed E-state index contributed by atoms with van der Waals surface area (Å²) < 4.78 is 11.1. The molecule has 0 radical (unpaired) electrons. The van der Waals surface area contributed by atoms with E-state index in [2.05, 4.69) is 24.1 Å². The molecule has 1 heterocycles. The minimum atomic E-state index is -0.0608. The Morgan fingerprint density at radius 3 is 2.42 bits per heavy atom. The van der Waals surface area contributed by atoms with Crippen LogP contribution in [0.5, 0.6) is 11.5 Å². The summed E-state index contributed by atoms with van der Waals surface area (Å²) in [5.74, 6) is 2.79. The maximum absolute atomic E-state index is 12.4. The van der Waals surface area contributed by atoms with Gasteiger partial charge in [0, 0.05) is 25.2 Å². The van der Waals surface area contributed by atoms with Crippen molar-refractivity contribution in [2.24, 2.45) is 11.8 Å². The van der Waals surface area contributed by atoms with E-state index in [9.17, 15) is 4.79 Å². The van der Waals surface area contributed by atoms with Crippen molar-refractivity contribution in [2.45, 2.75) is 40.5 Å². The third kappa shape index (κ3) is 6.20. The van der Waals surface area contributed by atoms with Crippen LogP contribution >= 0.6 is 0 Å². The van der Waals surface area contributed by atoms with Crippen LogP contribution in [0.2, 0.25) is 0 Å². The molecule has 1 aliphatic heterocycles. The quantitative estimate of drug-likeness (QED) is 0.682. The highest BCUT2D eigenvalue weighted by Crippen LogP contribution is 2.28. The lowest BCUT2D eigenvalue weighted by molar-refractivity contribution is 0.0946. The van der Waals surface area contributed by atoms with Gasteiger partial charge in [-0.05, 0) is 63.3 Å². The molecule has 5 heteroatoms. The molecule has 1 aliphatic rings. The number of ether oxygens (including phenoxy) is 2. The summed E-state index contributed by atoms with van der Waals surface area (Å²) in [5, 5.41) is 3.02. The molecule has 1 amide bonds. The molecule has 0 aromatic heterocycles. The molecule has 1 N–H and O–H groups in total. The van der Waals surface area contributed by atoms with Crippen molar-refractivity contribution in [3.8, 4) is 11.5 Å². The molecule has 2 atom stereocenters. The number of carbonyl (C=O) groups is 1. The first-order valence-electron chi connectivity index (χ1n) is 9.93. The molecular formula is C21H34N2O3. The predicted molar refractivity (Wildman–Crippen MR) is 105 cm³/mol. The highest BCUT2D eigenvalue weighted by Gasteiger charge is 2.21. The fourth-order valence-corrected chi connectivity index (χ4v) is 3.77. The van der Waals surface area contributed by atoms with Crippen LogP contribution < -0.4 is 14.8 Å². The number of nitrogens with zero attached hydrogens (tertiary/aromatic N) is 1. The van der Waals surface area contributed by atoms with E-state index < -0.39 is 0 Å². The monoisotopic (exact) mass is 362 g/mol. The second-order valence-electron chi connectivity index (χ2n) is 7.34. The summed E-state index contributed by atoms with van der Waals surface area (Å²) >= 11 is 0. The van der Waals surface area contributed by atoms with E-state index in [1.807, 2.05) is 13.8 Å². The fraction of sp³-hybridized carbons (Fsp3) is 0.667. The predicted octanol–water partition coefficient (Wildman–Crippen LogP) is 3.58. The molecule has 2 rings (SSSR count). The molecule has 0 spiro atoms. The SMILES string of the molecule is CCOc1ccc(C(=O)NCCCN2C[C@H](C)C[C@H](C)C2)cc1OCC. The summed E-state index contributed by atoms with van der Waals surface area (Å²) in [6, 6.07) is 5.36. The Balaban J connectivity index is 1.81. The molecule has 26 heavy (non-hydrogen) atoms. The van der Waals surface area contributed by atoms with Gasteiger partial charge in [0.2, 0.25) is 0 Å². The Labute approximate surface area is 158 Å². The van der Waals surface area contributed by atoms with Gasteiger partial charge in [0.15, 0.2) is 11.5 Å². The van der Waals surface area contributed by atoms with Crippen LogP contribution in [0.15, 0.2) is 18.2 Å². The van der Waals surface area contributed by atoms with Crippen LogP contribution in [0.1, 0.15) is 50.9 Å². The van der Waals surface area contributed by atoms with Crippen LogP contribution in [0.4, 0.5) is 0 Å². The first kappa shape index (κ1) is 20.6. The van der Waals surface area contributed by atoms with E-state index in [0.717, 1.165) is 24.8 Å². The minimum Gasteiger partial charge on any atom is -0.490 e. The highest BCUT2D eigenvalue weighted by molar-refractivity contribution is 5.94. The van der Waals surface area contributed by atoms with Crippen molar-refractivity contribution < 1.29 is 14.3 Å². The number of rotatable bonds is 9. The van der Waals surface area contributed by atoms with Gasteiger partial charge < -0.3 is 19.7 Å². The third-order valence-electron chi connectivity index (χ3n) is 4.69. The number of likely N-dealkylation sites (tertiary alicyclic amines) is 1. The second-order valence-corrected chi connectivity index (χ2v) is 7.34. The molecule has 1 saturated heterocycles. The van der Waals surface area contributed by atoms with Crippen LogP contribution in [0.3, 0.4) is 0 Å². The molecule has 0 bridgehead atoms. The summed E-state index contributed by atoms with van der Waals surface area (Å²) in [5.41, 5.74) is 0.608. The van der Waals surface area contributed by atoms with Crippen LogP contribution in [-0.4, -0.2) is 50.2 Å². The van der Waals surface area contributed by atoms with Crippen molar-refractivity contribution in [3.05, 3.63) is 23.8 Å². The smallest absolute Gasteiger partial charge is 0.251 e. The summed E-state index contributed by atoms with van der Waals surface area (Å²) in [6.07, 6.45) is 2.30. The Morgan fingerprint density at radius 1 is 1.12 bits per heavy atom. The largest absolute Gasteiger partial charge is 0.490 e. The molecule has 0 aliphatic carbocycles. The van der Waals surface area contributed by atoms with E-state index in [1.54, 1.807) is 18.2 Å². The molecule has 1 fully saturated rings. The number of benzene rings is 1. The van der Waals surface area contributed by atoms with E-state index in [1.165, 1.54) is 19.5 Å². The zero-order valence-corrected chi connectivity index (χ0v) is 16.7. The number of hydrogen-bond acceptors (Lipinski definition) is 4. The lowest BCUT2D eigenvalue weighted by atomic mass is 9.92. The topological polar surface area (TPSA) is 50.8 Å². The maximum atomic E-state index is 12.4. The van der Waals surface area contributed by atoms with Crippen molar-refractivity contribution in [3.63, 3.8) is 0 Å². The lowest BCUT2D eigenvalue weighted by Gasteiger charge is -2.34. The number of carbonyl (C=O) groups excluding carboxylic acids is 1. The summed E-state index contributed by atoms with van der Waals surface area (Å²) in [4.78, 5) is 14.9. The zero-order valence-electron chi connectivity index (χ0n) is 16.7. The second kappa shape index (κ2) is 10.4. The van der Waals surface area contributed by atoms with Gasteiger partial charge >= 0.3 is 0 Å². The first-order chi connectivity index (χ1) is 12.5. The Kier molecular flexibility index (Phi) is 8.23. The average Bonchev–Trinajstić information content (AvgIpc) is 2.59. The number of piperidine rings is 1. The van der Waals surface area contributed by atoms with Gasteiger partial charge in [0.1, 0.15) is 0 Å². The summed E-state index contributed by atoms with van der Waals surface area (Å²) in [7, 11) is 0. The maximum Gasteiger partial charge on any atom is 0.251 e. The normalized spacial score (nSPS) is 20.6. The number of hydrogen-bond donors (Lipinski definition) is 1. The van der Waals surface area contributed by atoms with E-state index >= 15 is 0 Å². The summed E-state index contributed by atoms with van der Waals surface area (Å²) in [6.45, 7) is 13.7. The Hall–Kier alpha value is -1.75. The van der Waals surface area contributed by atoms with Gasteiger partial charge in [-0.15, -0.1) is 0 Å². The number of amides is 1. The molecular weight excluding hydrogens is 328 g/mol. The van der Waals surface area contributed by atoms with Gasteiger partial charge in [-0.3, -0.25) is 4.79 Å². The Morgan fingerprint density at radius 2 is 1.77 bits per heavy atom. The van der Waals surface area contributed by atoms with Gasteiger partial charge in [-0.1, -0.05) is 13.8 Å². The lowest BCUT2D eigenvalue weighted by Crippen LogP contribution is -2.40. The molecule has 146 valence electrons. The van der Waals surface area contributed by atoms with Crippen molar-refractivity contribution in [2.75, 3.05) is 39.4 Å². The molecule has 1 aromatic rings. The minimum absolute atomic E-state index is 0.0608. The van der Waals surface area contributed by atoms with Gasteiger partial charge in [0.05, 0.1) is 13.2 Å². The van der Waals surface area contributed by atoms with E-state index in [0.29, 0.717) is 36.8 Å². The van der Waals surface area contributed by atoms with Crippen LogP contribution in [-0.2, 0) is 0 Å². The third-order valence-corrected chi connectivity index (χ3v) is 4.69. The zero-order chi connectivity index (χ0) is 18.9. The van der Waals surface area contributed by atoms with Crippen molar-refractivity contribution >= 4 is 5.91 Å². The number of nitrogens with one attached hydrogen (secondary N) is 1. The van der Waals surface area contributed by atoms with Gasteiger partial charge in [-0.25, -0.2) is 0 Å². The average molecular weight is 363 g/mol. The molecule has 5 nitrogen and oxygen atoms in total. The van der Waals surface area contributed by atoms with E-state index in [-0.39, 0.29) is 5.91 Å². The fourth-order valence-electron chi connectivity index (χ4n) is 3.77. The van der Waals surface area contributed by atoms with E-state index in [4.69, 9.17) is 9.47 Å².